The molecule has 1 aromatic rings. The highest BCUT2D eigenvalue weighted by Crippen LogP contribution is 2.28. The average molecular weight is 189 g/mol. The second-order valence-corrected chi connectivity index (χ2v) is 2.24. The van der Waals surface area contributed by atoms with E-state index in [9.17, 15) is 8.78 Å². The summed E-state index contributed by atoms with van der Waals surface area (Å²) in [4.78, 5) is 3.56. The highest BCUT2D eigenvalue weighted by Gasteiger charge is 2.16. The van der Waals surface area contributed by atoms with Crippen LogP contribution in [0.1, 0.15) is 12.1 Å². The van der Waals surface area contributed by atoms with Gasteiger partial charge in [0.25, 0.3) is 6.43 Å². The predicted octanol–water partition coefficient (Wildman–Crippen LogP) is 2.04. The number of hydrogen-bond acceptors (Lipinski definition) is 3. The van der Waals surface area contributed by atoms with Gasteiger partial charge < -0.3 is 9.47 Å². The van der Waals surface area contributed by atoms with Crippen molar-refractivity contribution in [2.24, 2.45) is 0 Å². The lowest BCUT2D eigenvalue weighted by molar-refractivity contribution is 0.140. The third-order valence-electron chi connectivity index (χ3n) is 1.50. The van der Waals surface area contributed by atoms with Gasteiger partial charge in [0.15, 0.2) is 5.69 Å². The third-order valence-corrected chi connectivity index (χ3v) is 1.50. The van der Waals surface area contributed by atoms with Crippen LogP contribution in [0.25, 0.3) is 0 Å². The van der Waals surface area contributed by atoms with Crippen molar-refractivity contribution in [3.8, 4) is 11.6 Å². The third kappa shape index (κ3) is 2.05. The molecule has 0 aliphatic carbocycles. The number of halogens is 2. The fourth-order valence-corrected chi connectivity index (χ4v) is 0.886. The highest BCUT2D eigenvalue weighted by molar-refractivity contribution is 5.32. The van der Waals surface area contributed by atoms with Crippen molar-refractivity contribution >= 4 is 0 Å². The van der Waals surface area contributed by atoms with E-state index in [1.165, 1.54) is 26.4 Å². The minimum atomic E-state index is -2.66. The quantitative estimate of drug-likeness (QED) is 0.729. The molecule has 0 aromatic carbocycles. The van der Waals surface area contributed by atoms with Crippen LogP contribution >= 0.6 is 0 Å². The van der Waals surface area contributed by atoms with Gasteiger partial charge in [-0.25, -0.2) is 13.8 Å². The molecular weight excluding hydrogens is 180 g/mol. The molecule has 0 unspecified atom stereocenters. The fourth-order valence-electron chi connectivity index (χ4n) is 0.886. The molecular formula is C8H9F2NO2. The van der Waals surface area contributed by atoms with Gasteiger partial charge in [-0.1, -0.05) is 0 Å². The molecule has 0 amide bonds. The molecule has 13 heavy (non-hydrogen) atoms. The molecule has 3 nitrogen and oxygen atoms in total. The lowest BCUT2D eigenvalue weighted by Crippen LogP contribution is -1.98. The SMILES string of the molecule is COc1ccc(OC)c(C(F)F)n1. The monoisotopic (exact) mass is 189 g/mol. The van der Waals surface area contributed by atoms with Crippen molar-refractivity contribution in [1.29, 1.82) is 0 Å². The Morgan fingerprint density at radius 3 is 2.38 bits per heavy atom. The van der Waals surface area contributed by atoms with Crippen molar-refractivity contribution in [3.63, 3.8) is 0 Å². The molecule has 5 heteroatoms. The number of rotatable bonds is 3. The summed E-state index contributed by atoms with van der Waals surface area (Å²) in [5.74, 6) is 0.215. The number of pyridine rings is 1. The highest BCUT2D eigenvalue weighted by atomic mass is 19.3. The van der Waals surface area contributed by atoms with Gasteiger partial charge in [0.1, 0.15) is 5.75 Å². The summed E-state index contributed by atoms with van der Waals surface area (Å²) in [6.07, 6.45) is -2.66. The number of hydrogen-bond donors (Lipinski definition) is 0. The first kappa shape index (κ1) is 9.70. The van der Waals surface area contributed by atoms with Crippen LogP contribution in [0.3, 0.4) is 0 Å². The Morgan fingerprint density at radius 1 is 1.23 bits per heavy atom. The molecule has 0 spiro atoms. The summed E-state index contributed by atoms with van der Waals surface area (Å²) in [5.41, 5.74) is -0.401. The fraction of sp³-hybridized carbons (Fsp3) is 0.375. The van der Waals surface area contributed by atoms with Crippen molar-refractivity contribution < 1.29 is 18.3 Å². The van der Waals surface area contributed by atoms with Crippen LogP contribution in [0.2, 0.25) is 0 Å². The van der Waals surface area contributed by atoms with Gasteiger partial charge in [-0.15, -0.1) is 0 Å². The van der Waals surface area contributed by atoms with E-state index in [0.29, 0.717) is 0 Å². The number of nitrogens with zero attached hydrogens (tertiary/aromatic N) is 1. The summed E-state index contributed by atoms with van der Waals surface area (Å²) in [6.45, 7) is 0. The van der Waals surface area contributed by atoms with E-state index < -0.39 is 12.1 Å². The molecule has 0 saturated heterocycles. The van der Waals surface area contributed by atoms with E-state index in [2.05, 4.69) is 4.98 Å². The van der Waals surface area contributed by atoms with E-state index in [4.69, 9.17) is 9.47 Å². The standard InChI is InChI=1S/C8H9F2NO2/c1-12-5-3-4-6(13-2)11-7(5)8(9)10/h3-4,8H,1-2H3. The van der Waals surface area contributed by atoms with Gasteiger partial charge in [0.05, 0.1) is 14.2 Å². The molecule has 0 saturated carbocycles. The van der Waals surface area contributed by atoms with Gasteiger partial charge in [-0.2, -0.15) is 0 Å². The van der Waals surface area contributed by atoms with Crippen LogP contribution in [0, 0.1) is 0 Å². The van der Waals surface area contributed by atoms with Crippen molar-refractivity contribution in [1.82, 2.24) is 4.98 Å². The van der Waals surface area contributed by atoms with E-state index in [0.717, 1.165) is 0 Å². The zero-order valence-corrected chi connectivity index (χ0v) is 7.25. The van der Waals surface area contributed by atoms with Gasteiger partial charge in [-0.3, -0.25) is 0 Å². The molecule has 0 aliphatic rings. The zero-order valence-electron chi connectivity index (χ0n) is 7.25. The van der Waals surface area contributed by atoms with Gasteiger partial charge in [0, 0.05) is 6.07 Å². The van der Waals surface area contributed by atoms with E-state index in [-0.39, 0.29) is 11.6 Å². The van der Waals surface area contributed by atoms with Gasteiger partial charge in [0.2, 0.25) is 5.88 Å². The molecule has 0 atom stereocenters. The number of alkyl halides is 2. The second kappa shape index (κ2) is 4.02. The molecule has 0 bridgehead atoms. The van der Waals surface area contributed by atoms with Crippen LogP contribution < -0.4 is 9.47 Å². The maximum Gasteiger partial charge on any atom is 0.284 e. The van der Waals surface area contributed by atoms with Gasteiger partial charge in [-0.05, 0) is 6.07 Å². The average Bonchev–Trinajstić information content (AvgIpc) is 2.16. The lowest BCUT2D eigenvalue weighted by atomic mass is 10.3. The summed E-state index contributed by atoms with van der Waals surface area (Å²) in [7, 11) is 2.68. The number of aromatic nitrogens is 1. The first-order chi connectivity index (χ1) is 6.19. The van der Waals surface area contributed by atoms with Crippen LogP contribution in [0.5, 0.6) is 11.6 Å². The summed E-state index contributed by atoms with van der Waals surface area (Å²) in [6, 6.07) is 2.86. The largest absolute Gasteiger partial charge is 0.495 e. The Kier molecular flexibility index (Phi) is 3.00. The molecule has 72 valence electrons. The Hall–Kier alpha value is -1.39. The number of methoxy groups -OCH3 is 2. The Balaban J connectivity index is 3.10. The molecule has 0 aliphatic heterocycles. The van der Waals surface area contributed by atoms with E-state index in [1.807, 2.05) is 0 Å². The normalized spacial score (nSPS) is 10.2. The Labute approximate surface area is 74.3 Å². The van der Waals surface area contributed by atoms with Crippen LogP contribution in [0.4, 0.5) is 8.78 Å². The van der Waals surface area contributed by atoms with Crippen LogP contribution in [-0.4, -0.2) is 19.2 Å². The maximum atomic E-state index is 12.3. The Morgan fingerprint density at radius 2 is 1.92 bits per heavy atom. The summed E-state index contributed by atoms with van der Waals surface area (Å²) in [5, 5.41) is 0. The first-order valence-electron chi connectivity index (χ1n) is 3.56. The van der Waals surface area contributed by atoms with Crippen molar-refractivity contribution in [2.75, 3.05) is 14.2 Å². The first-order valence-corrected chi connectivity index (χ1v) is 3.56. The van der Waals surface area contributed by atoms with E-state index >= 15 is 0 Å². The zero-order chi connectivity index (χ0) is 9.84. The smallest absolute Gasteiger partial charge is 0.284 e. The van der Waals surface area contributed by atoms with Gasteiger partial charge >= 0.3 is 0 Å². The summed E-state index contributed by atoms with van der Waals surface area (Å²) >= 11 is 0. The topological polar surface area (TPSA) is 31.4 Å². The Bertz CT molecular complexity index is 291. The summed E-state index contributed by atoms with van der Waals surface area (Å²) < 4.78 is 34.1. The number of ether oxygens (including phenoxy) is 2. The minimum Gasteiger partial charge on any atom is -0.495 e. The molecule has 0 radical (unpaired) electrons. The molecule has 0 fully saturated rings. The predicted molar refractivity (Wildman–Crippen MR) is 42.3 cm³/mol. The molecule has 1 rings (SSSR count). The molecule has 0 N–H and O–H groups in total. The van der Waals surface area contributed by atoms with Crippen molar-refractivity contribution in [2.45, 2.75) is 6.43 Å². The van der Waals surface area contributed by atoms with E-state index in [1.54, 1.807) is 0 Å². The van der Waals surface area contributed by atoms with Crippen molar-refractivity contribution in [3.05, 3.63) is 17.8 Å². The molecule has 1 heterocycles. The minimum absolute atomic E-state index is 0.0656. The van der Waals surface area contributed by atoms with Crippen LogP contribution in [0.15, 0.2) is 12.1 Å². The second-order valence-electron chi connectivity index (χ2n) is 2.24. The maximum absolute atomic E-state index is 12.3. The molecule has 1 aromatic heterocycles. The lowest BCUT2D eigenvalue weighted by Gasteiger charge is -2.07. The van der Waals surface area contributed by atoms with Crippen LogP contribution in [-0.2, 0) is 0 Å².